The van der Waals surface area contributed by atoms with Crippen molar-refractivity contribution >= 4 is 22.5 Å². The quantitative estimate of drug-likeness (QED) is 0.378. The van der Waals surface area contributed by atoms with Crippen LogP contribution in [0.2, 0.25) is 0 Å². The Morgan fingerprint density at radius 2 is 1.74 bits per heavy atom. The molecule has 35 heavy (non-hydrogen) atoms. The van der Waals surface area contributed by atoms with Gasteiger partial charge >= 0.3 is 0 Å². The Hall–Kier alpha value is -4.34. The smallest absolute Gasteiger partial charge is 0.230 e. The number of nitrogens with one attached hydrogen (secondary N) is 1. The molecule has 0 aliphatic carbocycles. The van der Waals surface area contributed by atoms with Crippen molar-refractivity contribution < 1.29 is 23.7 Å². The van der Waals surface area contributed by atoms with Crippen molar-refractivity contribution in [1.29, 1.82) is 0 Å². The van der Waals surface area contributed by atoms with Gasteiger partial charge < -0.3 is 24.3 Å². The normalized spacial score (nSPS) is 10.9. The number of hydrogen-bond donors (Lipinski definition) is 1. The third kappa shape index (κ3) is 5.26. The van der Waals surface area contributed by atoms with Gasteiger partial charge in [0.15, 0.2) is 11.5 Å². The second-order valence-electron chi connectivity index (χ2n) is 8.01. The van der Waals surface area contributed by atoms with Crippen molar-refractivity contribution in [3.63, 3.8) is 0 Å². The van der Waals surface area contributed by atoms with E-state index in [0.29, 0.717) is 51.0 Å². The minimum atomic E-state index is -0.178. The fraction of sp³-hybridized carbons (Fsp3) is 0.280. The summed E-state index contributed by atoms with van der Waals surface area (Å²) < 4.78 is 24.1. The Kier molecular flexibility index (Phi) is 7.00. The van der Waals surface area contributed by atoms with Crippen molar-refractivity contribution in [3.05, 3.63) is 54.6 Å². The van der Waals surface area contributed by atoms with Gasteiger partial charge in [-0.2, -0.15) is 5.10 Å². The molecule has 0 aliphatic rings. The van der Waals surface area contributed by atoms with E-state index in [-0.39, 0.29) is 18.4 Å². The van der Waals surface area contributed by atoms with E-state index >= 15 is 0 Å². The van der Waals surface area contributed by atoms with E-state index in [2.05, 4.69) is 20.4 Å². The number of ether oxygens (including phenoxy) is 4. The lowest BCUT2D eigenvalue weighted by Crippen LogP contribution is -2.14. The van der Waals surface area contributed by atoms with E-state index in [1.807, 2.05) is 13.8 Å². The first kappa shape index (κ1) is 23.8. The van der Waals surface area contributed by atoms with Gasteiger partial charge in [0.1, 0.15) is 17.8 Å². The minimum Gasteiger partial charge on any atom is -0.496 e. The monoisotopic (exact) mass is 477 g/mol. The Bertz CT molecular complexity index is 1350. The van der Waals surface area contributed by atoms with Gasteiger partial charge in [0.2, 0.25) is 11.8 Å². The number of nitrogens with zero attached hydrogens (tertiary/aromatic N) is 4. The Labute approximate surface area is 202 Å². The van der Waals surface area contributed by atoms with Crippen LogP contribution in [0.3, 0.4) is 0 Å². The summed E-state index contributed by atoms with van der Waals surface area (Å²) >= 11 is 0. The molecule has 10 heteroatoms. The van der Waals surface area contributed by atoms with Crippen molar-refractivity contribution in [2.45, 2.75) is 26.3 Å². The summed E-state index contributed by atoms with van der Waals surface area (Å²) in [7, 11) is 4.67. The van der Waals surface area contributed by atoms with Crippen LogP contribution in [0, 0.1) is 0 Å². The number of carbonyl (C=O) groups is 1. The molecule has 10 nitrogen and oxygen atoms in total. The summed E-state index contributed by atoms with van der Waals surface area (Å²) in [6.07, 6.45) is 4.97. The average Bonchev–Trinajstić information content (AvgIpc) is 3.33. The molecule has 0 atom stereocenters. The molecule has 0 spiro atoms. The summed E-state index contributed by atoms with van der Waals surface area (Å²) in [6, 6.07) is 9.00. The molecule has 0 fully saturated rings. The van der Waals surface area contributed by atoms with Crippen molar-refractivity contribution in [3.8, 4) is 28.9 Å². The second-order valence-corrected chi connectivity index (χ2v) is 8.01. The number of fused-ring (bicyclic) bond motifs is 1. The van der Waals surface area contributed by atoms with Gasteiger partial charge in [0.05, 0.1) is 50.5 Å². The third-order valence-corrected chi connectivity index (χ3v) is 5.34. The van der Waals surface area contributed by atoms with E-state index in [4.69, 9.17) is 18.9 Å². The number of benzene rings is 2. The lowest BCUT2D eigenvalue weighted by atomic mass is 10.1. The maximum absolute atomic E-state index is 12.6. The molecule has 182 valence electrons. The molecule has 4 aromatic rings. The van der Waals surface area contributed by atoms with Crippen molar-refractivity contribution in [2.24, 2.45) is 0 Å². The maximum atomic E-state index is 12.6. The highest BCUT2D eigenvalue weighted by molar-refractivity contribution is 5.92. The Morgan fingerprint density at radius 1 is 1.00 bits per heavy atom. The van der Waals surface area contributed by atoms with Gasteiger partial charge in [-0.3, -0.25) is 9.48 Å². The molecular formula is C25H27N5O5. The van der Waals surface area contributed by atoms with Crippen molar-refractivity contribution in [2.75, 3.05) is 26.6 Å². The molecule has 0 unspecified atom stereocenters. The Balaban J connectivity index is 1.53. The van der Waals surface area contributed by atoms with Crippen LogP contribution in [0.15, 0.2) is 49.1 Å². The predicted molar refractivity (Wildman–Crippen MR) is 131 cm³/mol. The fourth-order valence-corrected chi connectivity index (χ4v) is 3.55. The van der Waals surface area contributed by atoms with Crippen LogP contribution in [0.1, 0.15) is 25.5 Å². The molecule has 2 aromatic heterocycles. The van der Waals surface area contributed by atoms with Crippen molar-refractivity contribution in [1.82, 2.24) is 19.7 Å². The summed E-state index contributed by atoms with van der Waals surface area (Å²) in [5.74, 6) is 2.30. The van der Waals surface area contributed by atoms with Crippen LogP contribution < -0.4 is 24.3 Å². The summed E-state index contributed by atoms with van der Waals surface area (Å²) in [5.41, 5.74) is 2.01. The van der Waals surface area contributed by atoms with Crippen LogP contribution in [0.4, 0.5) is 5.69 Å². The van der Waals surface area contributed by atoms with E-state index in [9.17, 15) is 4.79 Å². The lowest BCUT2D eigenvalue weighted by molar-refractivity contribution is -0.115. The molecule has 2 heterocycles. The average molecular weight is 478 g/mol. The van der Waals surface area contributed by atoms with Gasteiger partial charge in [-0.25, -0.2) is 9.97 Å². The van der Waals surface area contributed by atoms with Crippen LogP contribution in [-0.4, -0.2) is 47.0 Å². The zero-order valence-electron chi connectivity index (χ0n) is 20.2. The van der Waals surface area contributed by atoms with Gasteiger partial charge in [0.25, 0.3) is 0 Å². The zero-order chi connectivity index (χ0) is 24.9. The molecule has 4 rings (SSSR count). The first-order chi connectivity index (χ1) is 16.9. The molecular weight excluding hydrogens is 450 g/mol. The standard InChI is InChI=1S/C25H27N5O5/c1-15(2)30-13-17(12-28-30)29-24(31)8-16-6-7-18(9-21(16)32-3)35-25-19-10-22(33-4)23(34-5)11-20(19)26-14-27-25/h6-7,9-15H,8H2,1-5H3,(H,29,31). The third-order valence-electron chi connectivity index (χ3n) is 5.34. The molecule has 1 N–H and O–H groups in total. The summed E-state index contributed by atoms with van der Waals surface area (Å²) in [6.45, 7) is 4.04. The SMILES string of the molecule is COc1cc(Oc2ncnc3cc(OC)c(OC)cc23)ccc1CC(=O)Nc1cnn(C(C)C)c1. The van der Waals surface area contributed by atoms with E-state index in [1.54, 1.807) is 68.7 Å². The molecule has 2 aromatic carbocycles. The number of amides is 1. The summed E-state index contributed by atoms with van der Waals surface area (Å²) in [5, 5.41) is 7.76. The molecule has 0 radical (unpaired) electrons. The fourth-order valence-electron chi connectivity index (χ4n) is 3.55. The van der Waals surface area contributed by atoms with Crippen LogP contribution in [0.5, 0.6) is 28.9 Å². The maximum Gasteiger partial charge on any atom is 0.230 e. The highest BCUT2D eigenvalue weighted by atomic mass is 16.5. The first-order valence-electron chi connectivity index (χ1n) is 11.0. The predicted octanol–water partition coefficient (Wildman–Crippen LogP) is 4.41. The molecule has 0 bridgehead atoms. The molecule has 0 saturated heterocycles. The number of hydrogen-bond acceptors (Lipinski definition) is 8. The minimum absolute atomic E-state index is 0.129. The van der Waals surface area contributed by atoms with Gasteiger partial charge in [-0.1, -0.05) is 6.07 Å². The van der Waals surface area contributed by atoms with E-state index in [1.165, 1.54) is 6.33 Å². The molecule has 1 amide bonds. The number of rotatable bonds is 9. The highest BCUT2D eigenvalue weighted by Gasteiger charge is 2.15. The Morgan fingerprint density at radius 3 is 2.43 bits per heavy atom. The zero-order valence-corrected chi connectivity index (χ0v) is 20.2. The lowest BCUT2D eigenvalue weighted by Gasteiger charge is -2.13. The molecule has 0 saturated carbocycles. The second kappa shape index (κ2) is 10.3. The van der Waals surface area contributed by atoms with Gasteiger partial charge in [0, 0.05) is 29.9 Å². The number of anilines is 1. The number of methoxy groups -OCH3 is 3. The van der Waals surface area contributed by atoms with Crippen LogP contribution in [0.25, 0.3) is 10.9 Å². The van der Waals surface area contributed by atoms with E-state index in [0.717, 1.165) is 0 Å². The van der Waals surface area contributed by atoms with Crippen LogP contribution >= 0.6 is 0 Å². The largest absolute Gasteiger partial charge is 0.496 e. The number of aromatic nitrogens is 4. The van der Waals surface area contributed by atoms with Gasteiger partial charge in [-0.05, 0) is 26.0 Å². The molecule has 0 aliphatic heterocycles. The van der Waals surface area contributed by atoms with Crippen LogP contribution in [-0.2, 0) is 11.2 Å². The topological polar surface area (TPSA) is 110 Å². The number of carbonyl (C=O) groups excluding carboxylic acids is 1. The first-order valence-corrected chi connectivity index (χ1v) is 11.0. The summed E-state index contributed by atoms with van der Waals surface area (Å²) in [4.78, 5) is 21.2. The van der Waals surface area contributed by atoms with Gasteiger partial charge in [-0.15, -0.1) is 0 Å². The van der Waals surface area contributed by atoms with E-state index < -0.39 is 0 Å². The highest BCUT2D eigenvalue weighted by Crippen LogP contribution is 2.36.